The molecule has 2 rings (SSSR count). The highest BCUT2D eigenvalue weighted by atomic mass is 16.5. The van der Waals surface area contributed by atoms with E-state index >= 15 is 0 Å². The van der Waals surface area contributed by atoms with Crippen molar-refractivity contribution >= 4 is 12.0 Å². The average Bonchev–Trinajstić information content (AvgIpc) is 3.06. The summed E-state index contributed by atoms with van der Waals surface area (Å²) in [6.07, 6.45) is 1.73. The minimum atomic E-state index is -0.948. The first-order chi connectivity index (χ1) is 9.97. The number of urea groups is 1. The number of carboxylic acid groups (broad SMARTS) is 1. The second kappa shape index (κ2) is 6.62. The zero-order chi connectivity index (χ0) is 15.4. The first kappa shape index (κ1) is 15.4. The van der Waals surface area contributed by atoms with Crippen molar-refractivity contribution in [3.8, 4) is 0 Å². The lowest BCUT2D eigenvalue weighted by atomic mass is 10.2. The molecule has 7 heteroatoms. The number of aryl methyl sites for hydroxylation is 1. The molecule has 7 nitrogen and oxygen atoms in total. The van der Waals surface area contributed by atoms with Gasteiger partial charge in [-0.3, -0.25) is 0 Å². The van der Waals surface area contributed by atoms with Gasteiger partial charge in [0.15, 0.2) is 6.10 Å². The number of rotatable bonds is 5. The van der Waals surface area contributed by atoms with Gasteiger partial charge in [-0.15, -0.1) is 0 Å². The molecule has 0 aromatic carbocycles. The molecule has 1 saturated heterocycles. The summed E-state index contributed by atoms with van der Waals surface area (Å²) in [5.41, 5.74) is 0.954. The first-order valence-electron chi connectivity index (χ1n) is 6.87. The van der Waals surface area contributed by atoms with Crippen molar-refractivity contribution in [2.45, 2.75) is 38.5 Å². The third kappa shape index (κ3) is 3.98. The SMILES string of the molecule is Cc1occc1CN(C)C(=O)NCC1CCC(C(=O)O)O1. The minimum absolute atomic E-state index is 0.224. The second-order valence-corrected chi connectivity index (χ2v) is 5.21. The predicted molar refractivity (Wildman–Crippen MR) is 73.8 cm³/mol. The molecule has 2 heterocycles. The van der Waals surface area contributed by atoms with E-state index in [-0.39, 0.29) is 12.1 Å². The number of amides is 2. The van der Waals surface area contributed by atoms with Crippen LogP contribution < -0.4 is 5.32 Å². The van der Waals surface area contributed by atoms with Gasteiger partial charge in [0.1, 0.15) is 5.76 Å². The molecule has 0 bridgehead atoms. The van der Waals surface area contributed by atoms with E-state index in [1.165, 1.54) is 0 Å². The zero-order valence-electron chi connectivity index (χ0n) is 12.2. The fourth-order valence-corrected chi connectivity index (χ4v) is 2.28. The van der Waals surface area contributed by atoms with Crippen LogP contribution in [0.15, 0.2) is 16.7 Å². The quantitative estimate of drug-likeness (QED) is 0.856. The molecule has 2 amide bonds. The number of carboxylic acids is 1. The number of aliphatic carboxylic acids is 1. The lowest BCUT2D eigenvalue weighted by molar-refractivity contribution is -0.149. The molecule has 21 heavy (non-hydrogen) atoms. The Labute approximate surface area is 122 Å². The highest BCUT2D eigenvalue weighted by Crippen LogP contribution is 2.19. The van der Waals surface area contributed by atoms with Gasteiger partial charge in [0.2, 0.25) is 0 Å². The van der Waals surface area contributed by atoms with Gasteiger partial charge in [-0.2, -0.15) is 0 Å². The van der Waals surface area contributed by atoms with Crippen molar-refractivity contribution in [2.75, 3.05) is 13.6 Å². The van der Waals surface area contributed by atoms with Crippen LogP contribution >= 0.6 is 0 Å². The van der Waals surface area contributed by atoms with E-state index in [9.17, 15) is 9.59 Å². The van der Waals surface area contributed by atoms with Gasteiger partial charge in [0, 0.05) is 19.2 Å². The van der Waals surface area contributed by atoms with Gasteiger partial charge in [-0.1, -0.05) is 0 Å². The van der Waals surface area contributed by atoms with E-state index in [4.69, 9.17) is 14.3 Å². The molecular formula is C14H20N2O5. The summed E-state index contributed by atoms with van der Waals surface area (Å²) in [7, 11) is 1.69. The topological polar surface area (TPSA) is 92.0 Å². The normalized spacial score (nSPS) is 21.2. The number of ether oxygens (including phenoxy) is 1. The van der Waals surface area contributed by atoms with Gasteiger partial charge >= 0.3 is 12.0 Å². The van der Waals surface area contributed by atoms with E-state index in [2.05, 4.69) is 5.32 Å². The van der Waals surface area contributed by atoms with Crippen LogP contribution in [-0.4, -0.2) is 47.8 Å². The maximum absolute atomic E-state index is 12.0. The fourth-order valence-electron chi connectivity index (χ4n) is 2.28. The summed E-state index contributed by atoms with van der Waals surface area (Å²) in [4.78, 5) is 24.3. The Bertz CT molecular complexity index is 513. The molecule has 116 valence electrons. The van der Waals surface area contributed by atoms with Crippen LogP contribution in [0.4, 0.5) is 4.79 Å². The van der Waals surface area contributed by atoms with Crippen molar-refractivity contribution in [1.82, 2.24) is 10.2 Å². The summed E-state index contributed by atoms with van der Waals surface area (Å²) in [6.45, 7) is 2.62. The molecule has 1 aromatic heterocycles. The van der Waals surface area contributed by atoms with Gasteiger partial charge in [0.05, 0.1) is 18.9 Å². The average molecular weight is 296 g/mol. The van der Waals surface area contributed by atoms with Crippen molar-refractivity contribution in [1.29, 1.82) is 0 Å². The Morgan fingerprint density at radius 2 is 2.24 bits per heavy atom. The number of nitrogens with one attached hydrogen (secondary N) is 1. The van der Waals surface area contributed by atoms with Gasteiger partial charge in [-0.05, 0) is 25.8 Å². The van der Waals surface area contributed by atoms with E-state index in [1.807, 2.05) is 13.0 Å². The third-order valence-corrected chi connectivity index (χ3v) is 3.58. The lowest BCUT2D eigenvalue weighted by Gasteiger charge is -2.19. The van der Waals surface area contributed by atoms with Crippen LogP contribution in [0, 0.1) is 6.92 Å². The monoisotopic (exact) mass is 296 g/mol. The molecule has 2 atom stereocenters. The molecule has 2 unspecified atom stereocenters. The van der Waals surface area contributed by atoms with E-state index in [0.717, 1.165) is 11.3 Å². The Morgan fingerprint density at radius 1 is 1.48 bits per heavy atom. The minimum Gasteiger partial charge on any atom is -0.479 e. The second-order valence-electron chi connectivity index (χ2n) is 5.21. The van der Waals surface area contributed by atoms with Crippen molar-refractivity contribution in [3.63, 3.8) is 0 Å². The van der Waals surface area contributed by atoms with Gasteiger partial charge < -0.3 is 24.5 Å². The number of hydrogen-bond donors (Lipinski definition) is 2. The standard InChI is InChI=1S/C14H20N2O5/c1-9-10(5-6-20-9)8-16(2)14(19)15-7-11-3-4-12(21-11)13(17)18/h5-6,11-12H,3-4,7-8H2,1-2H3,(H,15,19)(H,17,18). The van der Waals surface area contributed by atoms with Crippen molar-refractivity contribution in [2.24, 2.45) is 0 Å². The molecule has 1 aliphatic heterocycles. The smallest absolute Gasteiger partial charge is 0.332 e. The Kier molecular flexibility index (Phi) is 4.85. The largest absolute Gasteiger partial charge is 0.479 e. The zero-order valence-corrected chi connectivity index (χ0v) is 12.2. The molecule has 0 spiro atoms. The summed E-state index contributed by atoms with van der Waals surface area (Å²) in [5.74, 6) is -0.158. The third-order valence-electron chi connectivity index (χ3n) is 3.58. The lowest BCUT2D eigenvalue weighted by Crippen LogP contribution is -2.40. The van der Waals surface area contributed by atoms with Gasteiger partial charge in [0.25, 0.3) is 0 Å². The predicted octanol–water partition coefficient (Wildman–Crippen LogP) is 1.36. The Balaban J connectivity index is 1.74. The Morgan fingerprint density at radius 3 is 2.81 bits per heavy atom. The van der Waals surface area contributed by atoms with Crippen LogP contribution in [0.3, 0.4) is 0 Å². The molecule has 0 saturated carbocycles. The van der Waals surface area contributed by atoms with Crippen LogP contribution in [0.25, 0.3) is 0 Å². The number of carbonyl (C=O) groups excluding carboxylic acids is 1. The fraction of sp³-hybridized carbons (Fsp3) is 0.571. The Hall–Kier alpha value is -2.02. The molecule has 0 aliphatic carbocycles. The highest BCUT2D eigenvalue weighted by molar-refractivity contribution is 5.74. The van der Waals surface area contributed by atoms with Crippen molar-refractivity contribution < 1.29 is 23.8 Å². The van der Waals surface area contributed by atoms with Crippen molar-refractivity contribution in [3.05, 3.63) is 23.7 Å². The number of carbonyl (C=O) groups is 2. The maximum atomic E-state index is 12.0. The summed E-state index contributed by atoms with van der Waals surface area (Å²) in [6, 6.07) is 1.61. The summed E-state index contributed by atoms with van der Waals surface area (Å²) >= 11 is 0. The number of hydrogen-bond acceptors (Lipinski definition) is 4. The van der Waals surface area contributed by atoms with Crippen LogP contribution in [0.5, 0.6) is 0 Å². The maximum Gasteiger partial charge on any atom is 0.332 e. The molecule has 1 aliphatic rings. The molecular weight excluding hydrogens is 276 g/mol. The summed E-state index contributed by atoms with van der Waals surface area (Å²) in [5, 5.41) is 11.6. The molecule has 1 fully saturated rings. The van der Waals surface area contributed by atoms with E-state index < -0.39 is 12.1 Å². The molecule has 1 aromatic rings. The van der Waals surface area contributed by atoms with E-state index in [0.29, 0.717) is 25.9 Å². The van der Waals surface area contributed by atoms with Gasteiger partial charge in [-0.25, -0.2) is 9.59 Å². The number of nitrogens with zero attached hydrogens (tertiary/aromatic N) is 1. The van der Waals surface area contributed by atoms with Crippen LogP contribution in [0.1, 0.15) is 24.2 Å². The highest BCUT2D eigenvalue weighted by Gasteiger charge is 2.30. The van der Waals surface area contributed by atoms with E-state index in [1.54, 1.807) is 18.2 Å². The molecule has 2 N–H and O–H groups in total. The van der Waals surface area contributed by atoms with Crippen LogP contribution in [-0.2, 0) is 16.1 Å². The molecule has 0 radical (unpaired) electrons. The summed E-state index contributed by atoms with van der Waals surface area (Å²) < 4.78 is 10.5. The first-order valence-corrected chi connectivity index (χ1v) is 6.87. The van der Waals surface area contributed by atoms with Crippen LogP contribution in [0.2, 0.25) is 0 Å². The number of furan rings is 1.